The van der Waals surface area contributed by atoms with Crippen molar-refractivity contribution in [3.05, 3.63) is 34.1 Å². The van der Waals surface area contributed by atoms with Crippen LogP contribution in [0.25, 0.3) is 11.5 Å². The molecular weight excluding hydrogens is 294 g/mol. The molecule has 0 radical (unpaired) electrons. The van der Waals surface area contributed by atoms with Crippen molar-refractivity contribution in [3.63, 3.8) is 0 Å². The molecule has 0 spiro atoms. The van der Waals surface area contributed by atoms with Crippen LogP contribution in [0.5, 0.6) is 0 Å². The molecule has 0 aliphatic rings. The fourth-order valence-corrected chi connectivity index (χ4v) is 2.22. The third kappa shape index (κ3) is 3.17. The van der Waals surface area contributed by atoms with Crippen LogP contribution < -0.4 is 5.32 Å². The fourth-order valence-electron chi connectivity index (χ4n) is 1.75. The van der Waals surface area contributed by atoms with Crippen LogP contribution in [0.4, 0.5) is 0 Å². The van der Waals surface area contributed by atoms with Crippen molar-refractivity contribution in [1.29, 1.82) is 0 Å². The molecule has 1 aromatic carbocycles. The summed E-state index contributed by atoms with van der Waals surface area (Å²) in [6, 6.07) is 6.01. The van der Waals surface area contributed by atoms with Gasteiger partial charge in [-0.15, -0.1) is 10.2 Å². The van der Waals surface area contributed by atoms with Gasteiger partial charge in [0.2, 0.25) is 11.8 Å². The van der Waals surface area contributed by atoms with Crippen LogP contribution in [0.1, 0.15) is 17.9 Å². The lowest BCUT2D eigenvalue weighted by molar-refractivity contribution is 0.494. The Bertz CT molecular complexity index is 525. The van der Waals surface area contributed by atoms with E-state index in [0.717, 1.165) is 35.0 Å². The van der Waals surface area contributed by atoms with Crippen LogP contribution in [0.2, 0.25) is 0 Å². The first-order valence-corrected chi connectivity index (χ1v) is 6.73. The zero-order valence-electron chi connectivity index (χ0n) is 10.5. The standard InChI is InChI=1S/C13H16BrN3O/c1-9-8-10(14)5-6-11(9)13-17-16-12(18-13)4-3-7-15-2/h5-6,8,15H,3-4,7H2,1-2H3. The zero-order valence-corrected chi connectivity index (χ0v) is 12.1. The molecule has 0 amide bonds. The summed E-state index contributed by atoms with van der Waals surface area (Å²) in [6.45, 7) is 2.99. The molecule has 4 nitrogen and oxygen atoms in total. The van der Waals surface area contributed by atoms with Gasteiger partial charge in [-0.05, 0) is 50.7 Å². The summed E-state index contributed by atoms with van der Waals surface area (Å²) in [5.74, 6) is 1.29. The smallest absolute Gasteiger partial charge is 0.247 e. The van der Waals surface area contributed by atoms with E-state index >= 15 is 0 Å². The van der Waals surface area contributed by atoms with Gasteiger partial charge in [0.1, 0.15) is 0 Å². The number of nitrogens with one attached hydrogen (secondary N) is 1. The number of hydrogen-bond donors (Lipinski definition) is 1. The molecule has 1 heterocycles. The van der Waals surface area contributed by atoms with E-state index in [-0.39, 0.29) is 0 Å². The number of aryl methyl sites for hydroxylation is 2. The van der Waals surface area contributed by atoms with E-state index in [0.29, 0.717) is 11.8 Å². The first-order valence-electron chi connectivity index (χ1n) is 5.94. The van der Waals surface area contributed by atoms with Crippen LogP contribution in [0, 0.1) is 6.92 Å². The first kappa shape index (κ1) is 13.2. The number of benzene rings is 1. The average molecular weight is 310 g/mol. The summed E-state index contributed by atoms with van der Waals surface area (Å²) in [4.78, 5) is 0. The largest absolute Gasteiger partial charge is 0.421 e. The number of hydrogen-bond acceptors (Lipinski definition) is 4. The normalized spacial score (nSPS) is 10.8. The van der Waals surface area contributed by atoms with Crippen LogP contribution in [0.15, 0.2) is 27.1 Å². The average Bonchev–Trinajstić information content (AvgIpc) is 2.78. The predicted molar refractivity (Wildman–Crippen MR) is 74.4 cm³/mol. The molecule has 0 atom stereocenters. The fraction of sp³-hybridized carbons (Fsp3) is 0.385. The summed E-state index contributed by atoms with van der Waals surface area (Å²) in [7, 11) is 1.93. The molecule has 1 aromatic heterocycles. The van der Waals surface area contributed by atoms with Gasteiger partial charge in [0.25, 0.3) is 0 Å². The third-order valence-electron chi connectivity index (χ3n) is 2.70. The summed E-state index contributed by atoms with van der Waals surface area (Å²) < 4.78 is 6.72. The lowest BCUT2D eigenvalue weighted by Gasteiger charge is -2.01. The Kier molecular flexibility index (Phi) is 4.49. The lowest BCUT2D eigenvalue weighted by Crippen LogP contribution is -2.08. The van der Waals surface area contributed by atoms with Crippen molar-refractivity contribution in [2.45, 2.75) is 19.8 Å². The summed E-state index contributed by atoms with van der Waals surface area (Å²) >= 11 is 3.44. The van der Waals surface area contributed by atoms with Gasteiger partial charge in [-0.2, -0.15) is 0 Å². The van der Waals surface area contributed by atoms with E-state index in [1.54, 1.807) is 0 Å². The van der Waals surface area contributed by atoms with Gasteiger partial charge in [-0.3, -0.25) is 0 Å². The maximum absolute atomic E-state index is 5.67. The highest BCUT2D eigenvalue weighted by Crippen LogP contribution is 2.25. The molecule has 1 N–H and O–H groups in total. The lowest BCUT2D eigenvalue weighted by atomic mass is 10.1. The monoisotopic (exact) mass is 309 g/mol. The molecule has 96 valence electrons. The highest BCUT2D eigenvalue weighted by molar-refractivity contribution is 9.10. The Balaban J connectivity index is 2.13. The Morgan fingerprint density at radius 2 is 2.17 bits per heavy atom. The minimum Gasteiger partial charge on any atom is -0.421 e. The Labute approximate surface area is 115 Å². The Hall–Kier alpha value is -1.20. The Morgan fingerprint density at radius 1 is 1.33 bits per heavy atom. The number of halogens is 1. The van der Waals surface area contributed by atoms with Crippen LogP contribution >= 0.6 is 15.9 Å². The van der Waals surface area contributed by atoms with E-state index in [2.05, 4.69) is 31.4 Å². The number of nitrogens with zero attached hydrogens (tertiary/aromatic N) is 2. The van der Waals surface area contributed by atoms with Gasteiger partial charge < -0.3 is 9.73 Å². The molecular formula is C13H16BrN3O. The van der Waals surface area contributed by atoms with E-state index in [1.165, 1.54) is 0 Å². The molecule has 0 fully saturated rings. The molecule has 2 aromatic rings. The molecule has 0 aliphatic heterocycles. The van der Waals surface area contributed by atoms with Crippen molar-refractivity contribution < 1.29 is 4.42 Å². The van der Waals surface area contributed by atoms with E-state index in [9.17, 15) is 0 Å². The quantitative estimate of drug-likeness (QED) is 0.863. The molecule has 5 heteroatoms. The Morgan fingerprint density at radius 3 is 2.89 bits per heavy atom. The van der Waals surface area contributed by atoms with Gasteiger partial charge in [0.05, 0.1) is 0 Å². The molecule has 0 bridgehead atoms. The number of rotatable bonds is 5. The highest BCUT2D eigenvalue weighted by Gasteiger charge is 2.10. The molecule has 0 unspecified atom stereocenters. The highest BCUT2D eigenvalue weighted by atomic mass is 79.9. The zero-order chi connectivity index (χ0) is 13.0. The molecule has 2 rings (SSSR count). The van der Waals surface area contributed by atoms with Crippen molar-refractivity contribution in [2.75, 3.05) is 13.6 Å². The predicted octanol–water partition coefficient (Wildman–Crippen LogP) is 2.96. The van der Waals surface area contributed by atoms with E-state index in [1.807, 2.05) is 32.2 Å². The van der Waals surface area contributed by atoms with Crippen molar-refractivity contribution in [1.82, 2.24) is 15.5 Å². The second-order valence-electron chi connectivity index (χ2n) is 4.17. The van der Waals surface area contributed by atoms with Crippen molar-refractivity contribution >= 4 is 15.9 Å². The number of aromatic nitrogens is 2. The molecule has 0 saturated heterocycles. The maximum Gasteiger partial charge on any atom is 0.247 e. The second kappa shape index (κ2) is 6.11. The van der Waals surface area contributed by atoms with Crippen LogP contribution in [-0.4, -0.2) is 23.8 Å². The van der Waals surface area contributed by atoms with Crippen LogP contribution in [0.3, 0.4) is 0 Å². The van der Waals surface area contributed by atoms with Gasteiger partial charge >= 0.3 is 0 Å². The van der Waals surface area contributed by atoms with Gasteiger partial charge in [-0.1, -0.05) is 15.9 Å². The first-order chi connectivity index (χ1) is 8.70. The maximum atomic E-state index is 5.67. The topological polar surface area (TPSA) is 51.0 Å². The van der Waals surface area contributed by atoms with E-state index < -0.39 is 0 Å². The third-order valence-corrected chi connectivity index (χ3v) is 3.20. The summed E-state index contributed by atoms with van der Waals surface area (Å²) in [5, 5.41) is 11.3. The van der Waals surface area contributed by atoms with Crippen molar-refractivity contribution in [3.8, 4) is 11.5 Å². The van der Waals surface area contributed by atoms with Crippen LogP contribution in [-0.2, 0) is 6.42 Å². The van der Waals surface area contributed by atoms with Gasteiger partial charge in [0, 0.05) is 16.5 Å². The van der Waals surface area contributed by atoms with Gasteiger partial charge in [-0.25, -0.2) is 0 Å². The molecule has 0 saturated carbocycles. The summed E-state index contributed by atoms with van der Waals surface area (Å²) in [6.07, 6.45) is 1.81. The second-order valence-corrected chi connectivity index (χ2v) is 5.08. The SMILES string of the molecule is CNCCCc1nnc(-c2ccc(Br)cc2C)o1. The molecule has 0 aliphatic carbocycles. The van der Waals surface area contributed by atoms with Crippen molar-refractivity contribution in [2.24, 2.45) is 0 Å². The van der Waals surface area contributed by atoms with E-state index in [4.69, 9.17) is 4.42 Å². The minimum absolute atomic E-state index is 0.597. The minimum atomic E-state index is 0.597. The van der Waals surface area contributed by atoms with Gasteiger partial charge in [0.15, 0.2) is 0 Å². The molecule has 18 heavy (non-hydrogen) atoms. The summed E-state index contributed by atoms with van der Waals surface area (Å²) in [5.41, 5.74) is 2.11.